The van der Waals surface area contributed by atoms with Crippen molar-refractivity contribution >= 4 is 81.9 Å². The lowest BCUT2D eigenvalue weighted by molar-refractivity contribution is -0.0436. The third-order valence-electron chi connectivity index (χ3n) is 15.0. The van der Waals surface area contributed by atoms with E-state index in [9.17, 15) is 48.3 Å². The molecule has 80 heavy (non-hydrogen) atoms. The van der Waals surface area contributed by atoms with Crippen molar-refractivity contribution in [3.05, 3.63) is 138 Å². The number of aromatic nitrogens is 1. The molecule has 6 aromatic rings. The van der Waals surface area contributed by atoms with Crippen molar-refractivity contribution in [1.82, 2.24) is 18.7 Å². The van der Waals surface area contributed by atoms with Crippen molar-refractivity contribution in [3.63, 3.8) is 0 Å². The highest BCUT2D eigenvalue weighted by molar-refractivity contribution is 7.99. The van der Waals surface area contributed by atoms with Crippen LogP contribution >= 0.6 is 23.4 Å². The summed E-state index contributed by atoms with van der Waals surface area (Å²) in [5.74, 6) is 0.173. The van der Waals surface area contributed by atoms with Crippen LogP contribution in [0, 0.1) is 6.92 Å². The summed E-state index contributed by atoms with van der Waals surface area (Å²) in [6.45, 7) is 7.02. The van der Waals surface area contributed by atoms with Gasteiger partial charge in [-0.3, -0.25) is 9.52 Å². The monoisotopic (exact) mass is 1200 g/mol. The zero-order valence-electron chi connectivity index (χ0n) is 44.4. The second kappa shape index (κ2) is 24.3. The Morgan fingerprint density at radius 3 is 2.01 bits per heavy atom. The van der Waals surface area contributed by atoms with Crippen molar-refractivity contribution in [1.29, 1.82) is 0 Å². The molecule has 0 saturated carbocycles. The molecule has 0 unspecified atom stereocenters. The van der Waals surface area contributed by atoms with E-state index in [1.165, 1.54) is 34.5 Å². The lowest BCUT2D eigenvalue weighted by Crippen LogP contribution is -2.50. The van der Waals surface area contributed by atoms with Gasteiger partial charge in [0.25, 0.3) is 25.8 Å². The van der Waals surface area contributed by atoms with E-state index in [1.807, 2.05) is 79.2 Å². The Labute approximate surface area is 475 Å². The Bertz CT molecular complexity index is 3520. The molecule has 3 fully saturated rings. The molecule has 3 saturated heterocycles. The van der Waals surface area contributed by atoms with Gasteiger partial charge in [-0.15, -0.1) is 11.8 Å². The van der Waals surface area contributed by atoms with E-state index in [0.29, 0.717) is 87.5 Å². The largest absolute Gasteiger partial charge is 0.501 e. The molecule has 3 aliphatic rings. The highest BCUT2D eigenvalue weighted by Crippen LogP contribution is 2.42. The summed E-state index contributed by atoms with van der Waals surface area (Å²) in [6, 6.07) is 33.6. The van der Waals surface area contributed by atoms with Crippen molar-refractivity contribution in [2.75, 3.05) is 104 Å². The lowest BCUT2D eigenvalue weighted by Gasteiger charge is -2.37. The van der Waals surface area contributed by atoms with Crippen LogP contribution in [0.2, 0.25) is 5.02 Å². The molecule has 1 amide bonds. The van der Waals surface area contributed by atoms with Crippen LogP contribution in [0.15, 0.2) is 136 Å². The second-order valence-electron chi connectivity index (χ2n) is 20.3. The number of piperazine rings is 2. The minimum Gasteiger partial charge on any atom is -0.393 e. The molecule has 4 heterocycles. The van der Waals surface area contributed by atoms with Gasteiger partial charge in [-0.25, -0.2) is 25.3 Å². The Morgan fingerprint density at radius 1 is 0.750 bits per heavy atom. The minimum atomic E-state index is -6.04. The predicted octanol–water partition coefficient (Wildman–Crippen LogP) is 8.88. The SMILES string of the molecule is Cc1c(C(=O)N2CCN(S(C)(=O)=O)CC2)c(-c2cccc(N3CCN(c4ccc(NS(=O)(=O)c5ccc(N[C@H](CCN6CCC(O)CC6)CSc6ccccc6)c(S(=O)(=O)C(F)(F)F)c5)cc4)CC3)c2)c(-c2ccc(Cl)cc2)n1C. The third kappa shape index (κ3) is 13.4. The Kier molecular flexibility index (Phi) is 17.9. The first kappa shape index (κ1) is 58.9. The summed E-state index contributed by atoms with van der Waals surface area (Å²) in [7, 11) is -12.1. The number of likely N-dealkylation sites (tertiary alicyclic amines) is 1. The number of sulfone groups is 1. The number of alkyl halides is 3. The number of aliphatic hydroxyl groups is 1. The first-order valence-corrected chi connectivity index (χ1v) is 32.4. The number of anilines is 4. The fraction of sp³-hybridized carbons (Fsp3) is 0.375. The van der Waals surface area contributed by atoms with E-state index in [2.05, 4.69) is 30.8 Å². The standard InChI is InChI=1S/C56H64ClF3N8O8S4/c1-39-52(55(70)67-32-34-68(35-33-67)78(3,71)72)53(54(63(39)2)40-12-14-42(57)15-13-40)41-8-7-9-46(36-41)66-30-28-65(29-31-66)45-18-16-43(17-19-45)62-80(75,76)49-20-21-50(51(37-49)79(73,74)56(58,59)60)61-44(38-77-48-10-5-4-6-11-48)22-25-64-26-23-47(69)24-27-64/h4-21,36-37,44,47,61-62,69H,22-35,38H2,1-3H3/t44-/m1/s1. The van der Waals surface area contributed by atoms with Gasteiger partial charge >= 0.3 is 5.51 Å². The highest BCUT2D eigenvalue weighted by Gasteiger charge is 2.48. The average Bonchev–Trinajstić information content (AvgIpc) is 3.80. The molecule has 0 spiro atoms. The molecule has 1 atom stereocenters. The molecule has 428 valence electrons. The molecule has 0 radical (unpaired) electrons. The van der Waals surface area contributed by atoms with Crippen LogP contribution in [0.25, 0.3) is 22.4 Å². The maximum atomic E-state index is 14.6. The summed E-state index contributed by atoms with van der Waals surface area (Å²) in [6.07, 6.45) is 2.38. The van der Waals surface area contributed by atoms with Crippen molar-refractivity contribution in [3.8, 4) is 22.4 Å². The molecule has 5 aromatic carbocycles. The fourth-order valence-corrected chi connectivity index (χ4v) is 14.5. The Balaban J connectivity index is 0.895. The number of nitrogens with zero attached hydrogens (tertiary/aromatic N) is 6. The molecule has 1 aromatic heterocycles. The number of carbonyl (C=O) groups is 1. The van der Waals surface area contributed by atoms with Gasteiger partial charge in [0.05, 0.1) is 34.2 Å². The summed E-state index contributed by atoms with van der Waals surface area (Å²) in [5, 5.41) is 13.6. The van der Waals surface area contributed by atoms with Gasteiger partial charge in [-0.05, 0) is 116 Å². The second-order valence-corrected chi connectivity index (χ2v) is 27.4. The van der Waals surface area contributed by atoms with Crippen LogP contribution in [0.3, 0.4) is 0 Å². The zero-order chi connectivity index (χ0) is 57.1. The number of aliphatic hydroxyl groups excluding tert-OH is 1. The number of rotatable bonds is 18. The Morgan fingerprint density at radius 2 is 1.39 bits per heavy atom. The van der Waals surface area contributed by atoms with Crippen LogP contribution < -0.4 is 19.8 Å². The molecular weight excluding hydrogens is 1130 g/mol. The van der Waals surface area contributed by atoms with E-state index >= 15 is 0 Å². The summed E-state index contributed by atoms with van der Waals surface area (Å²) in [4.78, 5) is 21.8. The van der Waals surface area contributed by atoms with E-state index in [-0.39, 0.29) is 43.5 Å². The minimum absolute atomic E-state index is 0.109. The first-order chi connectivity index (χ1) is 38.0. The zero-order valence-corrected chi connectivity index (χ0v) is 48.5. The lowest BCUT2D eigenvalue weighted by atomic mass is 9.95. The number of benzene rings is 5. The molecular formula is C56H64ClF3N8O8S4. The number of amides is 1. The number of nitrogens with one attached hydrogen (secondary N) is 2. The van der Waals surface area contributed by atoms with Crippen LogP contribution in [-0.2, 0) is 36.9 Å². The van der Waals surface area contributed by atoms with Gasteiger partial charge in [0.2, 0.25) is 10.0 Å². The molecule has 0 bridgehead atoms. The number of hydrogen-bond acceptors (Lipinski definition) is 13. The highest BCUT2D eigenvalue weighted by atomic mass is 35.5. The summed E-state index contributed by atoms with van der Waals surface area (Å²) in [5.41, 5.74) is 0.286. The quantitative estimate of drug-likeness (QED) is 0.0694. The van der Waals surface area contributed by atoms with Crippen LogP contribution in [0.4, 0.5) is 35.9 Å². The van der Waals surface area contributed by atoms with Gasteiger partial charge in [0.15, 0.2) is 0 Å². The molecule has 16 nitrogen and oxygen atoms in total. The topological polar surface area (TPSA) is 185 Å². The van der Waals surface area contributed by atoms with Crippen molar-refractivity contribution < 1.29 is 48.3 Å². The first-order valence-electron chi connectivity index (χ1n) is 26.2. The van der Waals surface area contributed by atoms with Gasteiger partial charge in [0.1, 0.15) is 4.90 Å². The smallest absolute Gasteiger partial charge is 0.393 e. The number of sulfonamides is 2. The Hall–Kier alpha value is -5.79. The van der Waals surface area contributed by atoms with Gasteiger partial charge in [-0.2, -0.15) is 17.5 Å². The van der Waals surface area contributed by atoms with E-state index < -0.39 is 57.3 Å². The van der Waals surface area contributed by atoms with Crippen molar-refractivity contribution in [2.45, 2.75) is 58.5 Å². The molecule has 3 aliphatic heterocycles. The van der Waals surface area contributed by atoms with E-state index in [0.717, 1.165) is 56.5 Å². The molecule has 0 aliphatic carbocycles. The van der Waals surface area contributed by atoms with Crippen LogP contribution in [0.5, 0.6) is 0 Å². The normalized spacial score (nSPS) is 16.9. The third-order valence-corrected chi connectivity index (χ3v) is 20.7. The maximum absolute atomic E-state index is 14.6. The van der Waals surface area contributed by atoms with Crippen LogP contribution in [0.1, 0.15) is 35.3 Å². The average molecular weight is 1200 g/mol. The molecule has 24 heteroatoms. The number of piperidine rings is 1. The van der Waals surface area contributed by atoms with Crippen LogP contribution in [-0.4, -0.2) is 157 Å². The molecule has 3 N–H and O–H groups in total. The van der Waals surface area contributed by atoms with E-state index in [1.54, 1.807) is 29.2 Å². The fourth-order valence-electron chi connectivity index (χ4n) is 10.5. The number of halogens is 4. The number of hydrogen-bond donors (Lipinski definition) is 3. The van der Waals surface area contributed by atoms with E-state index in [4.69, 9.17) is 11.6 Å². The number of carbonyl (C=O) groups excluding carboxylic acids is 1. The van der Waals surface area contributed by atoms with Gasteiger partial charge in [-0.1, -0.05) is 54.1 Å². The maximum Gasteiger partial charge on any atom is 0.501 e. The predicted molar refractivity (Wildman–Crippen MR) is 311 cm³/mol. The van der Waals surface area contributed by atoms with Gasteiger partial charge < -0.3 is 34.6 Å². The van der Waals surface area contributed by atoms with Gasteiger partial charge in [0, 0.05) is 129 Å². The van der Waals surface area contributed by atoms with Crippen molar-refractivity contribution in [2.24, 2.45) is 7.05 Å². The summed E-state index contributed by atoms with van der Waals surface area (Å²) >= 11 is 7.77. The summed E-state index contributed by atoms with van der Waals surface area (Å²) < 4.78 is 128. The molecule has 9 rings (SSSR count). The number of thioether (sulfide) groups is 1.